The average molecular weight is 365 g/mol. The van der Waals surface area contributed by atoms with E-state index in [1.165, 1.54) is 0 Å². The van der Waals surface area contributed by atoms with Gasteiger partial charge in [-0.3, -0.25) is 4.98 Å². The minimum atomic E-state index is -0.295. The topological polar surface area (TPSA) is 51.8 Å². The number of nitrogens with two attached hydrogens (primary N) is 1. The van der Waals surface area contributed by atoms with Crippen LogP contribution in [0.2, 0.25) is 0 Å². The van der Waals surface area contributed by atoms with E-state index in [0.717, 1.165) is 39.9 Å². The second kappa shape index (κ2) is 7.99. The van der Waals surface area contributed by atoms with Crippen LogP contribution in [0.15, 0.2) is 54.9 Å². The molecule has 0 radical (unpaired) electrons. The molecule has 0 aliphatic heterocycles. The van der Waals surface area contributed by atoms with Gasteiger partial charge in [-0.25, -0.2) is 4.98 Å². The van der Waals surface area contributed by atoms with E-state index in [-0.39, 0.29) is 5.41 Å². The molecular formula is C25H23N3. The summed E-state index contributed by atoms with van der Waals surface area (Å²) in [6, 6.07) is 14.0. The van der Waals surface area contributed by atoms with E-state index in [4.69, 9.17) is 12.2 Å². The van der Waals surface area contributed by atoms with Gasteiger partial charge in [0.05, 0.1) is 16.7 Å². The lowest BCUT2D eigenvalue weighted by atomic mass is 9.84. The summed E-state index contributed by atoms with van der Waals surface area (Å²) in [6.07, 6.45) is 9.99. The van der Waals surface area contributed by atoms with Crippen LogP contribution in [0.4, 0.5) is 5.82 Å². The molecule has 138 valence electrons. The molecule has 0 bridgehead atoms. The van der Waals surface area contributed by atoms with Crippen LogP contribution in [0, 0.1) is 24.2 Å². The molecule has 1 aromatic carbocycles. The predicted octanol–water partition coefficient (Wildman–Crippen LogP) is 4.60. The Bertz CT molecular complexity index is 1070. The summed E-state index contributed by atoms with van der Waals surface area (Å²) >= 11 is 0. The number of nitrogen functional groups attached to an aromatic ring is 1. The molecule has 3 heteroatoms. The molecule has 3 aromatic rings. The molecule has 0 fully saturated rings. The molecular weight excluding hydrogens is 342 g/mol. The average Bonchev–Trinajstić information content (AvgIpc) is 2.73. The summed E-state index contributed by atoms with van der Waals surface area (Å²) < 4.78 is 0. The van der Waals surface area contributed by atoms with Crippen molar-refractivity contribution in [3.63, 3.8) is 0 Å². The van der Waals surface area contributed by atoms with Crippen molar-refractivity contribution in [3.05, 3.63) is 77.2 Å². The van der Waals surface area contributed by atoms with Crippen LogP contribution in [-0.2, 0) is 11.8 Å². The van der Waals surface area contributed by atoms with Gasteiger partial charge < -0.3 is 5.73 Å². The monoisotopic (exact) mass is 365 g/mol. The number of aryl methyl sites for hydroxylation is 1. The number of terminal acetylenes is 1. The highest BCUT2D eigenvalue weighted by Gasteiger charge is 2.17. The quantitative estimate of drug-likeness (QED) is 0.690. The molecule has 3 nitrogen and oxygen atoms in total. The van der Waals surface area contributed by atoms with Crippen molar-refractivity contribution >= 4 is 5.82 Å². The molecule has 0 atom stereocenters. The van der Waals surface area contributed by atoms with Gasteiger partial charge in [0.1, 0.15) is 5.82 Å². The zero-order valence-electron chi connectivity index (χ0n) is 16.5. The first-order chi connectivity index (χ1) is 13.4. The van der Waals surface area contributed by atoms with Gasteiger partial charge in [-0.15, -0.1) is 6.42 Å². The van der Waals surface area contributed by atoms with Crippen LogP contribution in [0.25, 0.3) is 11.1 Å². The van der Waals surface area contributed by atoms with Crippen LogP contribution in [0.3, 0.4) is 0 Å². The Hall–Kier alpha value is -3.56. The molecule has 0 aliphatic rings. The molecule has 0 aliphatic carbocycles. The molecule has 28 heavy (non-hydrogen) atoms. The van der Waals surface area contributed by atoms with Crippen molar-refractivity contribution in [1.29, 1.82) is 0 Å². The Morgan fingerprint density at radius 3 is 2.36 bits per heavy atom. The van der Waals surface area contributed by atoms with E-state index >= 15 is 0 Å². The summed E-state index contributed by atoms with van der Waals surface area (Å²) in [5.74, 6) is 9.81. The highest BCUT2D eigenvalue weighted by atomic mass is 14.8. The smallest absolute Gasteiger partial charge is 0.123 e. The van der Waals surface area contributed by atoms with E-state index in [9.17, 15) is 0 Å². The summed E-state index contributed by atoms with van der Waals surface area (Å²) in [5, 5.41) is 0. The zero-order valence-corrected chi connectivity index (χ0v) is 16.5. The summed E-state index contributed by atoms with van der Waals surface area (Å²) in [6.45, 7) is 6.17. The lowest BCUT2D eigenvalue weighted by molar-refractivity contribution is 0.699. The fourth-order valence-corrected chi connectivity index (χ4v) is 2.92. The van der Waals surface area contributed by atoms with E-state index in [1.54, 1.807) is 12.3 Å². The summed E-state index contributed by atoms with van der Waals surface area (Å²) in [7, 11) is 0. The van der Waals surface area contributed by atoms with Crippen LogP contribution in [0.5, 0.6) is 0 Å². The van der Waals surface area contributed by atoms with Gasteiger partial charge >= 0.3 is 0 Å². The van der Waals surface area contributed by atoms with Gasteiger partial charge in [0, 0.05) is 23.5 Å². The largest absolute Gasteiger partial charge is 0.384 e. The molecule has 0 spiro atoms. The van der Waals surface area contributed by atoms with Crippen LogP contribution in [0.1, 0.15) is 43.2 Å². The Kier molecular flexibility index (Phi) is 5.48. The van der Waals surface area contributed by atoms with Crippen molar-refractivity contribution in [2.24, 2.45) is 0 Å². The lowest BCUT2D eigenvalue weighted by Gasteiger charge is -2.18. The van der Waals surface area contributed by atoms with E-state index < -0.39 is 0 Å². The van der Waals surface area contributed by atoms with Gasteiger partial charge in [0.15, 0.2) is 0 Å². The number of hydrogen-bond donors (Lipinski definition) is 1. The van der Waals surface area contributed by atoms with Crippen molar-refractivity contribution < 1.29 is 0 Å². The van der Waals surface area contributed by atoms with Crippen molar-refractivity contribution in [2.45, 2.75) is 32.6 Å². The Morgan fingerprint density at radius 1 is 1.00 bits per heavy atom. The number of benzene rings is 1. The maximum atomic E-state index is 5.66. The van der Waals surface area contributed by atoms with Gasteiger partial charge in [-0.05, 0) is 49.6 Å². The van der Waals surface area contributed by atoms with Crippen molar-refractivity contribution in [1.82, 2.24) is 9.97 Å². The maximum absolute atomic E-state index is 5.66. The lowest BCUT2D eigenvalue weighted by Crippen LogP contribution is -2.13. The van der Waals surface area contributed by atoms with Gasteiger partial charge in [0.25, 0.3) is 0 Å². The molecule has 0 amide bonds. The third kappa shape index (κ3) is 4.05. The molecule has 3 rings (SSSR count). The van der Waals surface area contributed by atoms with E-state index in [1.807, 2.05) is 32.2 Å². The second-order valence-electron chi connectivity index (χ2n) is 7.10. The minimum Gasteiger partial charge on any atom is -0.384 e. The van der Waals surface area contributed by atoms with Crippen LogP contribution in [-0.4, -0.2) is 9.97 Å². The number of anilines is 1. The maximum Gasteiger partial charge on any atom is 0.123 e. The van der Waals surface area contributed by atoms with Gasteiger partial charge in [-0.1, -0.05) is 49.0 Å². The highest BCUT2D eigenvalue weighted by molar-refractivity contribution is 5.72. The minimum absolute atomic E-state index is 0.295. The Balaban J connectivity index is 2.06. The number of nitrogens with zero attached hydrogens (tertiary/aromatic N) is 2. The summed E-state index contributed by atoms with van der Waals surface area (Å²) in [5.41, 5.74) is 11.4. The SMILES string of the molecule is C#CC(C)(C)c1ccc(-c2ccnc(CC)c2C#Cc2ccc(N)nc2)cc1. The van der Waals surface area contributed by atoms with E-state index in [0.29, 0.717) is 5.82 Å². The van der Waals surface area contributed by atoms with Gasteiger partial charge in [0.2, 0.25) is 0 Å². The Morgan fingerprint density at radius 2 is 1.75 bits per heavy atom. The van der Waals surface area contributed by atoms with Gasteiger partial charge in [-0.2, -0.15) is 0 Å². The molecule has 2 aromatic heterocycles. The molecule has 0 unspecified atom stereocenters. The third-order valence-electron chi connectivity index (χ3n) is 4.76. The second-order valence-corrected chi connectivity index (χ2v) is 7.10. The third-order valence-corrected chi connectivity index (χ3v) is 4.76. The first-order valence-corrected chi connectivity index (χ1v) is 9.24. The first-order valence-electron chi connectivity index (χ1n) is 9.24. The molecule has 2 N–H and O–H groups in total. The van der Waals surface area contributed by atoms with Crippen LogP contribution < -0.4 is 5.73 Å². The van der Waals surface area contributed by atoms with Crippen molar-refractivity contribution in [2.75, 3.05) is 5.73 Å². The fraction of sp³-hybridized carbons (Fsp3) is 0.200. The Labute approximate surface area is 167 Å². The zero-order chi connectivity index (χ0) is 20.1. The fourth-order valence-electron chi connectivity index (χ4n) is 2.92. The molecule has 2 heterocycles. The highest BCUT2D eigenvalue weighted by Crippen LogP contribution is 2.29. The number of rotatable bonds is 3. The normalized spacial score (nSPS) is 10.6. The standard InChI is InChI=1S/C25H23N3/c1-5-23-22(13-7-18-8-14-24(26)28-17-18)21(15-16-27-23)19-9-11-20(12-10-19)25(3,4)6-2/h2,8-12,14-17H,5H2,1,3-4H3,(H2,26,28). The predicted molar refractivity (Wildman–Crippen MR) is 116 cm³/mol. The molecule has 0 saturated carbocycles. The molecule has 0 saturated heterocycles. The van der Waals surface area contributed by atoms with Crippen molar-refractivity contribution in [3.8, 4) is 35.3 Å². The summed E-state index contributed by atoms with van der Waals surface area (Å²) in [4.78, 5) is 8.61. The van der Waals surface area contributed by atoms with Crippen LogP contribution >= 0.6 is 0 Å². The number of pyridine rings is 2. The number of aromatic nitrogens is 2. The van der Waals surface area contributed by atoms with E-state index in [2.05, 4.69) is 58.9 Å². The first kappa shape index (κ1) is 19.2. The number of hydrogen-bond acceptors (Lipinski definition) is 3.